The second-order valence-corrected chi connectivity index (χ2v) is 6.98. The molecule has 3 aromatic carbocycles. The molecule has 0 aliphatic carbocycles. The third-order valence-corrected chi connectivity index (χ3v) is 5.24. The highest BCUT2D eigenvalue weighted by molar-refractivity contribution is 6.16. The van der Waals surface area contributed by atoms with Gasteiger partial charge in [0.1, 0.15) is 24.0 Å². The highest BCUT2D eigenvalue weighted by Gasteiger charge is 2.24. The van der Waals surface area contributed by atoms with Gasteiger partial charge >= 0.3 is 0 Å². The number of nitrogens with zero attached hydrogens (tertiary/aromatic N) is 1. The summed E-state index contributed by atoms with van der Waals surface area (Å²) in [5, 5.41) is 12.6. The fraction of sp³-hybridized carbons (Fsp3) is 0.250. The average molecular weight is 423 g/mol. The van der Waals surface area contributed by atoms with Crippen LogP contribution >= 0.6 is 0 Å². The van der Waals surface area contributed by atoms with Gasteiger partial charge in [-0.2, -0.15) is 0 Å². The monoisotopic (exact) mass is 423 g/mol. The first kappa shape index (κ1) is 20.8. The summed E-state index contributed by atoms with van der Waals surface area (Å²) in [7, 11) is 6.43. The van der Waals surface area contributed by atoms with Crippen molar-refractivity contribution in [2.75, 3.05) is 35.2 Å². The lowest BCUT2D eigenvalue weighted by Crippen LogP contribution is -2.05. The van der Waals surface area contributed by atoms with Gasteiger partial charge in [-0.15, -0.1) is 0 Å². The number of phenols is 1. The number of hydrogen-bond acceptors (Lipinski definition) is 6. The van der Waals surface area contributed by atoms with Gasteiger partial charge in [0, 0.05) is 25.2 Å². The topological polar surface area (TPSA) is 71.3 Å². The fourth-order valence-corrected chi connectivity index (χ4v) is 3.95. The van der Waals surface area contributed by atoms with Crippen molar-refractivity contribution in [3.05, 3.63) is 48.5 Å². The lowest BCUT2D eigenvalue weighted by Gasteiger charge is -2.16. The summed E-state index contributed by atoms with van der Waals surface area (Å²) < 4.78 is 29.6. The predicted octanol–water partition coefficient (Wildman–Crippen LogP) is 4.77. The molecule has 0 fully saturated rings. The highest BCUT2D eigenvalue weighted by atomic mass is 16.7. The van der Waals surface area contributed by atoms with Gasteiger partial charge in [-0.05, 0) is 29.8 Å². The zero-order valence-corrected chi connectivity index (χ0v) is 18.0. The van der Waals surface area contributed by atoms with Crippen LogP contribution in [0.15, 0.2) is 48.5 Å². The number of aromatic hydroxyl groups is 1. The van der Waals surface area contributed by atoms with E-state index in [9.17, 15) is 5.11 Å². The molecule has 1 aromatic heterocycles. The smallest absolute Gasteiger partial charge is 0.188 e. The third kappa shape index (κ3) is 3.52. The van der Waals surface area contributed by atoms with Crippen LogP contribution in [0, 0.1) is 0 Å². The van der Waals surface area contributed by atoms with Gasteiger partial charge < -0.3 is 33.4 Å². The molecule has 4 aromatic rings. The third-order valence-electron chi connectivity index (χ3n) is 5.24. The second-order valence-electron chi connectivity index (χ2n) is 6.98. The first-order valence-electron chi connectivity index (χ1n) is 9.74. The number of phenolic OH excluding ortho intramolecular Hbond substituents is 1. The Morgan fingerprint density at radius 1 is 0.871 bits per heavy atom. The van der Waals surface area contributed by atoms with E-state index < -0.39 is 0 Å². The maximum Gasteiger partial charge on any atom is 0.188 e. The van der Waals surface area contributed by atoms with E-state index in [0.717, 1.165) is 27.8 Å². The molecule has 162 valence electrons. The summed E-state index contributed by atoms with van der Waals surface area (Å²) in [5.41, 5.74) is 3.10. The molecule has 0 aliphatic heterocycles. The number of hydrogen-bond donors (Lipinski definition) is 1. The molecule has 0 atom stereocenters. The molecule has 7 nitrogen and oxygen atoms in total. The number of aromatic nitrogens is 1. The van der Waals surface area contributed by atoms with Crippen molar-refractivity contribution in [3.8, 4) is 34.1 Å². The highest BCUT2D eigenvalue weighted by Crippen LogP contribution is 2.47. The summed E-state index contributed by atoms with van der Waals surface area (Å²) in [6.45, 7) is 0.296. The van der Waals surface area contributed by atoms with Gasteiger partial charge in [-0.25, -0.2) is 0 Å². The van der Waals surface area contributed by atoms with Crippen molar-refractivity contribution in [3.63, 3.8) is 0 Å². The zero-order chi connectivity index (χ0) is 22.0. The van der Waals surface area contributed by atoms with Gasteiger partial charge in [-0.1, -0.05) is 24.3 Å². The van der Waals surface area contributed by atoms with Crippen molar-refractivity contribution in [2.45, 2.75) is 6.73 Å². The lowest BCUT2D eigenvalue weighted by molar-refractivity contribution is 0.0520. The summed E-state index contributed by atoms with van der Waals surface area (Å²) >= 11 is 0. The van der Waals surface area contributed by atoms with Crippen molar-refractivity contribution < 1.29 is 28.8 Å². The van der Waals surface area contributed by atoms with Crippen LogP contribution in [0.1, 0.15) is 0 Å². The van der Waals surface area contributed by atoms with Crippen molar-refractivity contribution in [2.24, 2.45) is 0 Å². The summed E-state index contributed by atoms with van der Waals surface area (Å²) in [4.78, 5) is 0. The van der Waals surface area contributed by atoms with Crippen LogP contribution in [0.3, 0.4) is 0 Å². The molecule has 7 heteroatoms. The molecule has 1 N–H and O–H groups in total. The largest absolute Gasteiger partial charge is 0.507 e. The Labute approximate surface area is 180 Å². The van der Waals surface area contributed by atoms with E-state index in [2.05, 4.69) is 0 Å². The first-order valence-corrected chi connectivity index (χ1v) is 9.74. The molecular weight excluding hydrogens is 398 g/mol. The van der Waals surface area contributed by atoms with Crippen LogP contribution < -0.4 is 14.2 Å². The Hall–Kier alpha value is -3.42. The molecule has 0 saturated heterocycles. The molecule has 4 rings (SSSR count). The van der Waals surface area contributed by atoms with E-state index in [1.807, 2.05) is 47.0 Å². The number of fused-ring (bicyclic) bond motifs is 3. The summed E-state index contributed by atoms with van der Waals surface area (Å²) in [6, 6.07) is 15.0. The Morgan fingerprint density at radius 3 is 2.29 bits per heavy atom. The Kier molecular flexibility index (Phi) is 5.88. The quantitative estimate of drug-likeness (QED) is 0.412. The van der Waals surface area contributed by atoms with Gasteiger partial charge in [0.25, 0.3) is 0 Å². The van der Waals surface area contributed by atoms with E-state index in [-0.39, 0.29) is 19.3 Å². The molecule has 0 bridgehead atoms. The van der Waals surface area contributed by atoms with Crippen molar-refractivity contribution in [1.29, 1.82) is 0 Å². The minimum Gasteiger partial charge on any atom is -0.507 e. The first-order chi connectivity index (χ1) is 15.1. The van der Waals surface area contributed by atoms with Crippen LogP contribution in [0.5, 0.6) is 23.0 Å². The number of ether oxygens (including phenoxy) is 5. The normalized spacial score (nSPS) is 11.2. The second kappa shape index (κ2) is 8.75. The predicted molar refractivity (Wildman–Crippen MR) is 119 cm³/mol. The molecule has 0 saturated carbocycles. The molecule has 0 radical (unpaired) electrons. The van der Waals surface area contributed by atoms with Gasteiger partial charge in [0.05, 0.1) is 30.6 Å². The number of rotatable bonds is 8. The fourth-order valence-electron chi connectivity index (χ4n) is 3.95. The van der Waals surface area contributed by atoms with Gasteiger partial charge in [0.2, 0.25) is 0 Å². The van der Waals surface area contributed by atoms with Gasteiger partial charge in [0.15, 0.2) is 12.5 Å². The average Bonchev–Trinajstić information content (AvgIpc) is 3.14. The van der Waals surface area contributed by atoms with Crippen LogP contribution in [0.25, 0.3) is 32.9 Å². The number of benzene rings is 3. The molecule has 0 unspecified atom stereocenters. The number of methoxy groups -OCH3 is 4. The summed E-state index contributed by atoms with van der Waals surface area (Å²) in [6.07, 6.45) is 0. The van der Waals surface area contributed by atoms with Crippen LogP contribution in [0.2, 0.25) is 0 Å². The Morgan fingerprint density at radius 2 is 1.65 bits per heavy atom. The minimum atomic E-state index is 0.0503. The molecule has 31 heavy (non-hydrogen) atoms. The molecular formula is C24H25NO6. The van der Waals surface area contributed by atoms with E-state index in [1.165, 1.54) is 0 Å². The van der Waals surface area contributed by atoms with E-state index in [0.29, 0.717) is 22.4 Å². The minimum absolute atomic E-state index is 0.0503. The Bertz CT molecular complexity index is 1210. The molecule has 1 heterocycles. The molecule has 0 spiro atoms. The maximum absolute atomic E-state index is 11.1. The van der Waals surface area contributed by atoms with E-state index >= 15 is 0 Å². The van der Waals surface area contributed by atoms with Crippen molar-refractivity contribution >= 4 is 21.8 Å². The summed E-state index contributed by atoms with van der Waals surface area (Å²) in [5.74, 6) is 2.13. The van der Waals surface area contributed by atoms with E-state index in [4.69, 9.17) is 23.7 Å². The van der Waals surface area contributed by atoms with Crippen LogP contribution in [-0.2, 0) is 16.2 Å². The molecule has 0 aliphatic rings. The van der Waals surface area contributed by atoms with Crippen LogP contribution in [0.4, 0.5) is 0 Å². The van der Waals surface area contributed by atoms with Crippen molar-refractivity contribution in [1.82, 2.24) is 4.57 Å². The standard InChI is InChI=1S/C24H25NO6/c1-27-13-25-22-17(6-5-7-20(22)30-4)21-19(26)12-18(24(23(21)25)31-14-28-2)15-8-10-16(29-3)11-9-15/h5-12,26H,13-14H2,1-4H3. The Balaban J connectivity index is 2.12. The number of para-hydroxylation sites is 1. The maximum atomic E-state index is 11.1. The van der Waals surface area contributed by atoms with Gasteiger partial charge in [-0.3, -0.25) is 0 Å². The zero-order valence-electron chi connectivity index (χ0n) is 18.0. The molecule has 0 amide bonds. The van der Waals surface area contributed by atoms with Crippen LogP contribution in [-0.4, -0.2) is 44.9 Å². The SMILES string of the molecule is COCOc1c(-c2ccc(OC)cc2)cc(O)c2c3cccc(OC)c3n(COC)c12. The lowest BCUT2D eigenvalue weighted by atomic mass is 10.0. The van der Waals surface area contributed by atoms with E-state index in [1.54, 1.807) is 34.5 Å².